The first-order valence-corrected chi connectivity index (χ1v) is 8.11. The van der Waals surface area contributed by atoms with E-state index in [0.717, 1.165) is 24.3 Å². The molecule has 0 bridgehead atoms. The Labute approximate surface area is 141 Å². The van der Waals surface area contributed by atoms with Gasteiger partial charge >= 0.3 is 6.61 Å². The predicted molar refractivity (Wildman–Crippen MR) is 86.1 cm³/mol. The highest BCUT2D eigenvalue weighted by molar-refractivity contribution is 7.15. The van der Waals surface area contributed by atoms with Crippen LogP contribution >= 0.6 is 11.3 Å². The van der Waals surface area contributed by atoms with Crippen LogP contribution in [-0.4, -0.2) is 29.8 Å². The van der Waals surface area contributed by atoms with E-state index in [9.17, 15) is 13.6 Å². The van der Waals surface area contributed by atoms with Crippen LogP contribution in [-0.2, 0) is 6.42 Å². The van der Waals surface area contributed by atoms with Crippen LogP contribution in [0.3, 0.4) is 0 Å². The maximum atomic E-state index is 12.3. The van der Waals surface area contributed by atoms with Crippen molar-refractivity contribution in [2.45, 2.75) is 32.8 Å². The van der Waals surface area contributed by atoms with Gasteiger partial charge in [0, 0.05) is 12.0 Å². The summed E-state index contributed by atoms with van der Waals surface area (Å²) < 4.78 is 33.9. The van der Waals surface area contributed by atoms with E-state index in [2.05, 4.69) is 27.2 Å². The Bertz CT molecular complexity index is 694. The van der Waals surface area contributed by atoms with Crippen molar-refractivity contribution in [3.8, 4) is 11.5 Å². The second-order valence-corrected chi connectivity index (χ2v) is 5.86. The van der Waals surface area contributed by atoms with Crippen molar-refractivity contribution in [2.75, 3.05) is 12.4 Å². The van der Waals surface area contributed by atoms with E-state index >= 15 is 0 Å². The van der Waals surface area contributed by atoms with Crippen molar-refractivity contribution < 1.29 is 23.0 Å². The second-order valence-electron chi connectivity index (χ2n) is 4.80. The summed E-state index contributed by atoms with van der Waals surface area (Å²) in [6.45, 7) is -0.889. The van der Waals surface area contributed by atoms with Gasteiger partial charge < -0.3 is 9.47 Å². The first kappa shape index (κ1) is 18.1. The van der Waals surface area contributed by atoms with Gasteiger partial charge in [0.05, 0.1) is 7.11 Å². The minimum absolute atomic E-state index is 0.0452. The van der Waals surface area contributed by atoms with Gasteiger partial charge in [0.1, 0.15) is 5.01 Å². The minimum Gasteiger partial charge on any atom is -0.493 e. The van der Waals surface area contributed by atoms with Gasteiger partial charge in [-0.25, -0.2) is 0 Å². The number of carbonyl (C=O) groups excluding carboxylic acids is 1. The average Bonchev–Trinajstić information content (AvgIpc) is 3.00. The van der Waals surface area contributed by atoms with Crippen molar-refractivity contribution in [2.24, 2.45) is 0 Å². The highest BCUT2D eigenvalue weighted by atomic mass is 32.1. The number of nitrogens with one attached hydrogen (secondary N) is 1. The number of nitrogens with zero attached hydrogens (tertiary/aromatic N) is 2. The Balaban J connectivity index is 2.07. The standard InChI is InChI=1S/C15H17F2N3O3S/c1-3-4-5-12-19-20-15(24-12)18-13(21)9-6-7-10(23-14(16)17)11(8-9)22-2/h6-8,14H,3-5H2,1-2H3,(H,18,20,21). The zero-order chi connectivity index (χ0) is 17.5. The van der Waals surface area contributed by atoms with Crippen molar-refractivity contribution in [3.63, 3.8) is 0 Å². The minimum atomic E-state index is -2.97. The molecule has 0 saturated carbocycles. The third-order valence-electron chi connectivity index (χ3n) is 3.07. The number of aromatic nitrogens is 2. The lowest BCUT2D eigenvalue weighted by Crippen LogP contribution is -2.12. The number of halogens is 2. The molecule has 0 radical (unpaired) electrons. The van der Waals surface area contributed by atoms with E-state index in [1.165, 1.54) is 36.6 Å². The first-order valence-electron chi connectivity index (χ1n) is 7.30. The van der Waals surface area contributed by atoms with Gasteiger partial charge in [0.15, 0.2) is 11.5 Å². The molecule has 0 spiro atoms. The Hall–Kier alpha value is -2.29. The highest BCUT2D eigenvalue weighted by Gasteiger charge is 2.15. The Morgan fingerprint density at radius 1 is 1.33 bits per heavy atom. The van der Waals surface area contributed by atoms with Gasteiger partial charge in [-0.2, -0.15) is 8.78 Å². The van der Waals surface area contributed by atoms with Crippen LogP contribution in [0.1, 0.15) is 35.1 Å². The molecule has 0 saturated heterocycles. The number of hydrogen-bond acceptors (Lipinski definition) is 6. The van der Waals surface area contributed by atoms with Crippen molar-refractivity contribution in [3.05, 3.63) is 28.8 Å². The first-order chi connectivity index (χ1) is 11.5. The molecule has 1 amide bonds. The molecule has 24 heavy (non-hydrogen) atoms. The lowest BCUT2D eigenvalue weighted by atomic mass is 10.2. The third-order valence-corrected chi connectivity index (χ3v) is 3.97. The molecule has 0 aliphatic carbocycles. The van der Waals surface area contributed by atoms with E-state index in [1.807, 2.05) is 0 Å². The fraction of sp³-hybridized carbons (Fsp3) is 0.400. The number of carbonyl (C=O) groups is 1. The maximum Gasteiger partial charge on any atom is 0.387 e. The molecule has 6 nitrogen and oxygen atoms in total. The molecule has 2 rings (SSSR count). The third kappa shape index (κ3) is 4.85. The number of hydrogen-bond donors (Lipinski definition) is 1. The van der Waals surface area contributed by atoms with Crippen LogP contribution in [0.5, 0.6) is 11.5 Å². The van der Waals surface area contributed by atoms with Crippen molar-refractivity contribution in [1.82, 2.24) is 10.2 Å². The summed E-state index contributed by atoms with van der Waals surface area (Å²) in [7, 11) is 1.31. The van der Waals surface area contributed by atoms with E-state index in [-0.39, 0.29) is 17.1 Å². The largest absolute Gasteiger partial charge is 0.493 e. The molecule has 1 heterocycles. The number of alkyl halides is 2. The van der Waals surface area contributed by atoms with Crippen LogP contribution in [0.4, 0.5) is 13.9 Å². The molecule has 9 heteroatoms. The Morgan fingerprint density at radius 3 is 2.79 bits per heavy atom. The molecule has 1 aromatic heterocycles. The topological polar surface area (TPSA) is 73.3 Å². The van der Waals surface area contributed by atoms with Gasteiger partial charge in [0.25, 0.3) is 5.91 Å². The lowest BCUT2D eigenvalue weighted by molar-refractivity contribution is -0.0512. The van der Waals surface area contributed by atoms with E-state index in [1.54, 1.807) is 0 Å². The molecule has 130 valence electrons. The van der Waals surface area contributed by atoms with Gasteiger partial charge in [-0.05, 0) is 24.6 Å². The monoisotopic (exact) mass is 357 g/mol. The summed E-state index contributed by atoms with van der Waals surface area (Å²) in [6.07, 6.45) is 2.87. The van der Waals surface area contributed by atoms with E-state index in [4.69, 9.17) is 4.74 Å². The zero-order valence-electron chi connectivity index (χ0n) is 13.2. The Kier molecular flexibility index (Phi) is 6.42. The molecule has 0 atom stereocenters. The van der Waals surface area contributed by atoms with Crippen LogP contribution in [0, 0.1) is 0 Å². The van der Waals surface area contributed by atoms with Gasteiger partial charge in [0.2, 0.25) is 5.13 Å². The molecular weight excluding hydrogens is 340 g/mol. The number of benzene rings is 1. The summed E-state index contributed by atoms with van der Waals surface area (Å²) in [5.74, 6) is -0.527. The molecule has 2 aromatic rings. The van der Waals surface area contributed by atoms with Crippen LogP contribution < -0.4 is 14.8 Å². The summed E-state index contributed by atoms with van der Waals surface area (Å²) in [4.78, 5) is 12.2. The quantitative estimate of drug-likeness (QED) is 0.779. The number of unbranched alkanes of at least 4 members (excludes halogenated alkanes) is 1. The summed E-state index contributed by atoms with van der Waals surface area (Å²) in [6, 6.07) is 3.95. The second kappa shape index (κ2) is 8.53. The number of aryl methyl sites for hydroxylation is 1. The SMILES string of the molecule is CCCCc1nnc(NC(=O)c2ccc(OC(F)F)c(OC)c2)s1. The van der Waals surface area contributed by atoms with E-state index < -0.39 is 12.5 Å². The van der Waals surface area contributed by atoms with Gasteiger partial charge in [-0.15, -0.1) is 10.2 Å². The fourth-order valence-corrected chi connectivity index (χ4v) is 2.68. The predicted octanol–water partition coefficient (Wildman–Crippen LogP) is 3.74. The van der Waals surface area contributed by atoms with Crippen LogP contribution in [0.15, 0.2) is 18.2 Å². The Morgan fingerprint density at radius 2 is 2.12 bits per heavy atom. The molecular formula is C15H17F2N3O3S. The number of methoxy groups -OCH3 is 1. The molecule has 0 unspecified atom stereocenters. The molecule has 1 N–H and O–H groups in total. The summed E-state index contributed by atoms with van der Waals surface area (Å²) in [5.41, 5.74) is 0.235. The number of anilines is 1. The van der Waals surface area contributed by atoms with Crippen molar-refractivity contribution >= 4 is 22.4 Å². The number of amides is 1. The molecule has 0 fully saturated rings. The fourth-order valence-electron chi connectivity index (χ4n) is 1.90. The van der Waals surface area contributed by atoms with E-state index in [0.29, 0.717) is 5.13 Å². The molecule has 0 aliphatic rings. The van der Waals surface area contributed by atoms with Gasteiger partial charge in [-0.3, -0.25) is 10.1 Å². The van der Waals surface area contributed by atoms with Crippen LogP contribution in [0.2, 0.25) is 0 Å². The molecule has 1 aromatic carbocycles. The maximum absolute atomic E-state index is 12.3. The summed E-state index contributed by atoms with van der Waals surface area (Å²) >= 11 is 1.31. The zero-order valence-corrected chi connectivity index (χ0v) is 14.0. The van der Waals surface area contributed by atoms with Crippen LogP contribution in [0.25, 0.3) is 0 Å². The highest BCUT2D eigenvalue weighted by Crippen LogP contribution is 2.30. The smallest absolute Gasteiger partial charge is 0.387 e. The lowest BCUT2D eigenvalue weighted by Gasteiger charge is -2.11. The summed E-state index contributed by atoms with van der Waals surface area (Å²) in [5, 5.41) is 11.8. The number of ether oxygens (including phenoxy) is 2. The van der Waals surface area contributed by atoms with Gasteiger partial charge in [-0.1, -0.05) is 24.7 Å². The van der Waals surface area contributed by atoms with Crippen molar-refractivity contribution in [1.29, 1.82) is 0 Å². The normalized spacial score (nSPS) is 10.7. The molecule has 0 aliphatic heterocycles. The average molecular weight is 357 g/mol. The number of rotatable bonds is 8.